The number of para-hydroxylation sites is 2. The minimum Gasteiger partial charge on any atom is -0.497 e. The van der Waals surface area contributed by atoms with Crippen LogP contribution in [-0.2, 0) is 6.54 Å². The van der Waals surface area contributed by atoms with Crippen molar-refractivity contribution in [2.45, 2.75) is 6.54 Å². The first kappa shape index (κ1) is 12.4. The number of aromatic nitrogens is 2. The van der Waals surface area contributed by atoms with Crippen LogP contribution in [0.5, 0.6) is 5.75 Å². The molecule has 1 heterocycles. The Morgan fingerprint density at radius 3 is 2.85 bits per heavy atom. The first-order chi connectivity index (χ1) is 9.81. The molecule has 0 spiro atoms. The van der Waals surface area contributed by atoms with Crippen molar-refractivity contribution >= 4 is 17.3 Å². The Kier molecular flexibility index (Phi) is 3.21. The molecule has 1 aromatic heterocycles. The smallest absolute Gasteiger partial charge is 0.185 e. The van der Waals surface area contributed by atoms with Crippen LogP contribution < -0.4 is 4.74 Å². The van der Waals surface area contributed by atoms with Crippen molar-refractivity contribution in [2.75, 3.05) is 7.11 Å². The molecule has 0 unspecified atom stereocenters. The molecular weight excluding hydrogens is 252 g/mol. The molecule has 20 heavy (non-hydrogen) atoms. The molecule has 2 aromatic carbocycles. The van der Waals surface area contributed by atoms with E-state index in [1.165, 1.54) is 0 Å². The second-order valence-electron chi connectivity index (χ2n) is 4.51. The topological polar surface area (TPSA) is 44.1 Å². The van der Waals surface area contributed by atoms with E-state index in [4.69, 9.17) is 4.74 Å². The molecular formula is C16H14N2O2. The van der Waals surface area contributed by atoms with Crippen molar-refractivity contribution in [1.29, 1.82) is 0 Å². The molecule has 0 aliphatic rings. The van der Waals surface area contributed by atoms with Crippen LogP contribution in [0.25, 0.3) is 11.0 Å². The van der Waals surface area contributed by atoms with Gasteiger partial charge < -0.3 is 9.30 Å². The van der Waals surface area contributed by atoms with E-state index >= 15 is 0 Å². The van der Waals surface area contributed by atoms with Gasteiger partial charge in [-0.2, -0.15) is 0 Å². The monoisotopic (exact) mass is 266 g/mol. The number of hydrogen-bond acceptors (Lipinski definition) is 3. The lowest BCUT2D eigenvalue weighted by Gasteiger charge is -2.08. The quantitative estimate of drug-likeness (QED) is 0.682. The third-order valence-corrected chi connectivity index (χ3v) is 3.26. The van der Waals surface area contributed by atoms with Crippen LogP contribution >= 0.6 is 0 Å². The maximum Gasteiger partial charge on any atom is 0.185 e. The van der Waals surface area contributed by atoms with Crippen LogP contribution in [0.3, 0.4) is 0 Å². The number of hydrogen-bond donors (Lipinski definition) is 0. The number of rotatable bonds is 4. The van der Waals surface area contributed by atoms with E-state index in [0.717, 1.165) is 28.6 Å². The lowest BCUT2D eigenvalue weighted by atomic mass is 10.2. The molecule has 0 aliphatic heterocycles. The molecule has 0 fully saturated rings. The van der Waals surface area contributed by atoms with E-state index in [-0.39, 0.29) is 0 Å². The van der Waals surface area contributed by atoms with Gasteiger partial charge in [-0.1, -0.05) is 24.3 Å². The fourth-order valence-electron chi connectivity index (χ4n) is 2.30. The minimum atomic E-state index is 0.439. The maximum absolute atomic E-state index is 11.2. The molecule has 0 N–H and O–H groups in total. The van der Waals surface area contributed by atoms with Crippen LogP contribution in [-0.4, -0.2) is 22.9 Å². The lowest BCUT2D eigenvalue weighted by molar-refractivity contribution is 0.111. The first-order valence-electron chi connectivity index (χ1n) is 6.35. The van der Waals surface area contributed by atoms with Crippen LogP contribution in [0.4, 0.5) is 0 Å². The molecule has 0 saturated heterocycles. The van der Waals surface area contributed by atoms with Crippen LogP contribution in [0.1, 0.15) is 16.2 Å². The zero-order chi connectivity index (χ0) is 13.9. The number of carbonyl (C=O) groups excluding carboxylic acids is 1. The van der Waals surface area contributed by atoms with E-state index in [2.05, 4.69) is 4.98 Å². The van der Waals surface area contributed by atoms with E-state index < -0.39 is 0 Å². The Hall–Kier alpha value is -2.62. The summed E-state index contributed by atoms with van der Waals surface area (Å²) in [6.07, 6.45) is 0.792. The third kappa shape index (κ3) is 2.16. The molecule has 0 bridgehead atoms. The number of methoxy groups -OCH3 is 1. The van der Waals surface area contributed by atoms with Crippen molar-refractivity contribution in [3.8, 4) is 5.75 Å². The molecule has 4 nitrogen and oxygen atoms in total. The molecule has 0 radical (unpaired) electrons. The number of carbonyl (C=O) groups is 1. The molecule has 3 aromatic rings. The molecule has 100 valence electrons. The van der Waals surface area contributed by atoms with Gasteiger partial charge in [-0.3, -0.25) is 4.79 Å². The fraction of sp³-hybridized carbons (Fsp3) is 0.125. The highest BCUT2D eigenvalue weighted by Crippen LogP contribution is 2.19. The summed E-state index contributed by atoms with van der Waals surface area (Å²) < 4.78 is 7.14. The van der Waals surface area contributed by atoms with Gasteiger partial charge in [0.15, 0.2) is 12.1 Å². The second-order valence-corrected chi connectivity index (χ2v) is 4.51. The van der Waals surface area contributed by atoms with Crippen molar-refractivity contribution in [1.82, 2.24) is 9.55 Å². The van der Waals surface area contributed by atoms with Gasteiger partial charge in [-0.15, -0.1) is 0 Å². The predicted octanol–water partition coefficient (Wildman–Crippen LogP) is 2.91. The Bertz CT molecular complexity index is 762. The second kappa shape index (κ2) is 5.17. The van der Waals surface area contributed by atoms with Gasteiger partial charge in [0.1, 0.15) is 5.75 Å². The highest BCUT2D eigenvalue weighted by atomic mass is 16.5. The number of fused-ring (bicyclic) bond motifs is 1. The largest absolute Gasteiger partial charge is 0.497 e. The van der Waals surface area contributed by atoms with E-state index in [0.29, 0.717) is 12.4 Å². The minimum absolute atomic E-state index is 0.439. The zero-order valence-corrected chi connectivity index (χ0v) is 11.1. The molecule has 3 rings (SSSR count). The van der Waals surface area contributed by atoms with Gasteiger partial charge >= 0.3 is 0 Å². The Balaban J connectivity index is 2.07. The van der Waals surface area contributed by atoms with Gasteiger partial charge in [0.25, 0.3) is 0 Å². The Morgan fingerprint density at radius 1 is 1.20 bits per heavy atom. The fourth-order valence-corrected chi connectivity index (χ4v) is 2.30. The summed E-state index contributed by atoms with van der Waals surface area (Å²) in [5.74, 6) is 1.24. The van der Waals surface area contributed by atoms with Gasteiger partial charge in [0, 0.05) is 6.54 Å². The van der Waals surface area contributed by atoms with Crippen molar-refractivity contribution in [2.24, 2.45) is 0 Å². The van der Waals surface area contributed by atoms with Crippen molar-refractivity contribution in [3.05, 3.63) is 59.9 Å². The average molecular weight is 266 g/mol. The number of imidazole rings is 1. The summed E-state index contributed by atoms with van der Waals surface area (Å²) in [5.41, 5.74) is 2.85. The molecule has 0 amide bonds. The maximum atomic E-state index is 11.2. The van der Waals surface area contributed by atoms with Crippen molar-refractivity contribution in [3.63, 3.8) is 0 Å². The number of benzene rings is 2. The van der Waals surface area contributed by atoms with Crippen LogP contribution in [0.2, 0.25) is 0 Å². The summed E-state index contributed by atoms with van der Waals surface area (Å²) in [5, 5.41) is 0. The van der Waals surface area contributed by atoms with Gasteiger partial charge in [0.2, 0.25) is 0 Å². The summed E-state index contributed by atoms with van der Waals surface area (Å²) in [6, 6.07) is 15.5. The highest BCUT2D eigenvalue weighted by molar-refractivity contribution is 5.83. The lowest BCUT2D eigenvalue weighted by Crippen LogP contribution is -2.04. The average Bonchev–Trinajstić information content (AvgIpc) is 2.85. The zero-order valence-electron chi connectivity index (χ0n) is 11.1. The Labute approximate surface area is 116 Å². The number of nitrogens with zero attached hydrogens (tertiary/aromatic N) is 2. The van der Waals surface area contributed by atoms with Gasteiger partial charge in [0.05, 0.1) is 18.1 Å². The summed E-state index contributed by atoms with van der Waals surface area (Å²) in [7, 11) is 1.64. The van der Waals surface area contributed by atoms with Crippen molar-refractivity contribution < 1.29 is 9.53 Å². The molecule has 0 saturated carbocycles. The van der Waals surface area contributed by atoms with Crippen LogP contribution in [0, 0.1) is 0 Å². The normalized spacial score (nSPS) is 10.7. The molecule has 4 heteroatoms. The third-order valence-electron chi connectivity index (χ3n) is 3.26. The number of ether oxygens (including phenoxy) is 1. The van der Waals surface area contributed by atoms with Gasteiger partial charge in [-0.25, -0.2) is 4.98 Å². The Morgan fingerprint density at radius 2 is 2.05 bits per heavy atom. The van der Waals surface area contributed by atoms with Crippen LogP contribution in [0.15, 0.2) is 48.5 Å². The number of aldehydes is 1. The SMILES string of the molecule is COc1cccc(Cn2c(C=O)nc3ccccc32)c1. The first-order valence-corrected chi connectivity index (χ1v) is 6.35. The summed E-state index contributed by atoms with van der Waals surface area (Å²) in [4.78, 5) is 15.5. The standard InChI is InChI=1S/C16H14N2O2/c1-20-13-6-4-5-12(9-13)10-18-15-8-3-2-7-14(15)17-16(18)11-19/h2-9,11H,10H2,1H3. The molecule has 0 atom stereocenters. The van der Waals surface area contributed by atoms with E-state index in [1.807, 2.05) is 53.1 Å². The predicted molar refractivity (Wildman–Crippen MR) is 77.2 cm³/mol. The van der Waals surface area contributed by atoms with Gasteiger partial charge in [-0.05, 0) is 29.8 Å². The van der Waals surface area contributed by atoms with E-state index in [9.17, 15) is 4.79 Å². The highest BCUT2D eigenvalue weighted by Gasteiger charge is 2.10. The van der Waals surface area contributed by atoms with E-state index in [1.54, 1.807) is 7.11 Å². The molecule has 0 aliphatic carbocycles. The summed E-state index contributed by atoms with van der Waals surface area (Å²) in [6.45, 7) is 0.589. The summed E-state index contributed by atoms with van der Waals surface area (Å²) >= 11 is 0.